The number of imidazole rings is 1. The Morgan fingerprint density at radius 2 is 2.08 bits per heavy atom. The monoisotopic (exact) mass is 341 g/mol. The van der Waals surface area contributed by atoms with Gasteiger partial charge in [-0.05, 0) is 12.5 Å². The Morgan fingerprint density at radius 1 is 1.38 bits per heavy atom. The zero-order chi connectivity index (χ0) is 18.0. The number of nitrogens with one attached hydrogen (secondary N) is 1. The second kappa shape index (κ2) is 6.64. The molecule has 0 radical (unpaired) electrons. The minimum Gasteiger partial charge on any atom is -0.374 e. The fourth-order valence-electron chi connectivity index (χ4n) is 2.39. The molecule has 1 aromatic heterocycles. The lowest BCUT2D eigenvalue weighted by Gasteiger charge is -2.29. The van der Waals surface area contributed by atoms with Crippen LogP contribution in [0.1, 0.15) is 23.4 Å². The molecule has 1 heterocycles. The summed E-state index contributed by atoms with van der Waals surface area (Å²) in [5, 5.41) is 12.5. The van der Waals surface area contributed by atoms with Gasteiger partial charge in [0, 0.05) is 26.0 Å². The molecular weight excluding hydrogens is 323 g/mol. The summed E-state index contributed by atoms with van der Waals surface area (Å²) in [5.41, 5.74) is -1.61. The van der Waals surface area contributed by atoms with Crippen molar-refractivity contribution in [1.82, 2.24) is 14.9 Å². The minimum absolute atomic E-state index is 0.0784. The van der Waals surface area contributed by atoms with Gasteiger partial charge < -0.3 is 15.0 Å². The van der Waals surface area contributed by atoms with Crippen LogP contribution in [0.15, 0.2) is 36.7 Å². The molecule has 1 aromatic carbocycles. The topological polar surface area (TPSA) is 67.2 Å². The fraction of sp³-hybridized carbons (Fsp3) is 0.375. The van der Waals surface area contributed by atoms with Gasteiger partial charge in [0.1, 0.15) is 0 Å². The summed E-state index contributed by atoms with van der Waals surface area (Å²) < 4.78 is 41.1. The molecule has 5 nitrogen and oxygen atoms in total. The summed E-state index contributed by atoms with van der Waals surface area (Å²) in [6.07, 6.45) is -3.78. The highest BCUT2D eigenvalue weighted by molar-refractivity contribution is 5.77. The van der Waals surface area contributed by atoms with E-state index in [4.69, 9.17) is 0 Å². The first-order valence-electron chi connectivity index (χ1n) is 7.22. The lowest BCUT2D eigenvalue weighted by molar-refractivity contribution is -0.271. The Labute approximate surface area is 137 Å². The van der Waals surface area contributed by atoms with Crippen LogP contribution in [0.5, 0.6) is 0 Å². The zero-order valence-corrected chi connectivity index (χ0v) is 13.3. The second-order valence-electron chi connectivity index (χ2n) is 5.66. The molecule has 0 aliphatic heterocycles. The molecule has 1 amide bonds. The molecule has 2 aromatic rings. The van der Waals surface area contributed by atoms with Gasteiger partial charge >= 0.3 is 6.18 Å². The van der Waals surface area contributed by atoms with Crippen LogP contribution in [0.3, 0.4) is 0 Å². The molecule has 2 rings (SSSR count). The molecular formula is C16H18F3N3O2. The standard InChI is InChI=1S/C16H18F3N3O2/c1-11-4-3-5-12(8-11)10-21-13(23)9-15(24,16(17,18)19)14-20-6-7-22(14)2/h3-8,24H,9-10H2,1-2H3,(H,21,23). The van der Waals surface area contributed by atoms with Crippen molar-refractivity contribution in [1.29, 1.82) is 0 Å². The van der Waals surface area contributed by atoms with Crippen molar-refractivity contribution >= 4 is 5.91 Å². The third kappa shape index (κ3) is 3.76. The first-order valence-corrected chi connectivity index (χ1v) is 7.22. The Morgan fingerprint density at radius 3 is 2.62 bits per heavy atom. The van der Waals surface area contributed by atoms with Crippen molar-refractivity contribution in [2.45, 2.75) is 31.7 Å². The number of rotatable bonds is 5. The van der Waals surface area contributed by atoms with Crippen LogP contribution in [-0.4, -0.2) is 26.7 Å². The van der Waals surface area contributed by atoms with Crippen LogP contribution in [0, 0.1) is 6.92 Å². The molecule has 0 saturated heterocycles. The normalized spacial score (nSPS) is 14.2. The number of carbonyl (C=O) groups excluding carboxylic acids is 1. The van der Waals surface area contributed by atoms with Gasteiger partial charge in [0.25, 0.3) is 0 Å². The van der Waals surface area contributed by atoms with E-state index >= 15 is 0 Å². The van der Waals surface area contributed by atoms with E-state index in [1.807, 2.05) is 19.1 Å². The van der Waals surface area contributed by atoms with Gasteiger partial charge in [0.15, 0.2) is 5.82 Å². The molecule has 0 aliphatic carbocycles. The molecule has 1 unspecified atom stereocenters. The number of alkyl halides is 3. The van der Waals surface area contributed by atoms with Crippen LogP contribution in [-0.2, 0) is 24.0 Å². The molecule has 0 saturated carbocycles. The number of aromatic nitrogens is 2. The van der Waals surface area contributed by atoms with Gasteiger partial charge in [0.2, 0.25) is 11.5 Å². The van der Waals surface area contributed by atoms with Gasteiger partial charge in [-0.25, -0.2) is 4.98 Å². The van der Waals surface area contributed by atoms with Gasteiger partial charge in [-0.2, -0.15) is 13.2 Å². The predicted molar refractivity (Wildman–Crippen MR) is 80.8 cm³/mol. The average molecular weight is 341 g/mol. The van der Waals surface area contributed by atoms with E-state index in [2.05, 4.69) is 10.3 Å². The summed E-state index contributed by atoms with van der Waals surface area (Å²) in [7, 11) is 1.32. The molecule has 0 spiro atoms. The molecule has 0 aliphatic rings. The van der Waals surface area contributed by atoms with Crippen LogP contribution in [0.4, 0.5) is 13.2 Å². The molecule has 24 heavy (non-hydrogen) atoms. The number of carbonyl (C=O) groups is 1. The molecule has 130 valence electrons. The van der Waals surface area contributed by atoms with E-state index in [-0.39, 0.29) is 6.54 Å². The largest absolute Gasteiger partial charge is 0.425 e. The zero-order valence-electron chi connectivity index (χ0n) is 13.3. The molecule has 1 atom stereocenters. The summed E-state index contributed by atoms with van der Waals surface area (Å²) in [6.45, 7) is 1.95. The number of aliphatic hydroxyl groups is 1. The highest BCUT2D eigenvalue weighted by Gasteiger charge is 2.58. The maximum Gasteiger partial charge on any atom is 0.425 e. The Balaban J connectivity index is 2.13. The maximum absolute atomic E-state index is 13.3. The predicted octanol–water partition coefficient (Wildman–Crippen LogP) is 2.18. The van der Waals surface area contributed by atoms with Crippen molar-refractivity contribution in [2.75, 3.05) is 0 Å². The molecule has 8 heteroatoms. The van der Waals surface area contributed by atoms with Gasteiger partial charge in [-0.1, -0.05) is 29.8 Å². The van der Waals surface area contributed by atoms with E-state index in [9.17, 15) is 23.1 Å². The number of amides is 1. The summed E-state index contributed by atoms with van der Waals surface area (Å²) >= 11 is 0. The number of nitrogens with zero attached hydrogens (tertiary/aromatic N) is 2. The summed E-state index contributed by atoms with van der Waals surface area (Å²) in [6, 6.07) is 7.22. The smallest absolute Gasteiger partial charge is 0.374 e. The SMILES string of the molecule is Cc1cccc(CNC(=O)CC(O)(c2nccn2C)C(F)(F)F)c1. The van der Waals surface area contributed by atoms with Crippen molar-refractivity contribution in [3.05, 3.63) is 53.6 Å². The number of hydrogen-bond donors (Lipinski definition) is 2. The number of halogens is 3. The van der Waals surface area contributed by atoms with Crippen LogP contribution >= 0.6 is 0 Å². The van der Waals surface area contributed by atoms with Crippen LogP contribution < -0.4 is 5.32 Å². The average Bonchev–Trinajstić information content (AvgIpc) is 2.90. The van der Waals surface area contributed by atoms with Gasteiger partial charge in [0.05, 0.1) is 6.42 Å². The maximum atomic E-state index is 13.3. The fourth-order valence-corrected chi connectivity index (χ4v) is 2.39. The van der Waals surface area contributed by atoms with E-state index < -0.39 is 29.9 Å². The number of aryl methyl sites for hydroxylation is 2. The van der Waals surface area contributed by atoms with E-state index in [1.54, 1.807) is 12.1 Å². The van der Waals surface area contributed by atoms with E-state index in [0.717, 1.165) is 21.9 Å². The van der Waals surface area contributed by atoms with Crippen molar-refractivity contribution < 1.29 is 23.1 Å². The molecule has 0 bridgehead atoms. The minimum atomic E-state index is -5.03. The van der Waals surface area contributed by atoms with Crippen molar-refractivity contribution in [2.24, 2.45) is 7.05 Å². The second-order valence-corrected chi connectivity index (χ2v) is 5.66. The lowest BCUT2D eigenvalue weighted by atomic mass is 9.97. The Kier molecular flexibility index (Phi) is 4.98. The molecule has 0 fully saturated rings. The van der Waals surface area contributed by atoms with Crippen LogP contribution in [0.2, 0.25) is 0 Å². The number of hydrogen-bond acceptors (Lipinski definition) is 3. The lowest BCUT2D eigenvalue weighted by Crippen LogP contribution is -2.47. The highest BCUT2D eigenvalue weighted by atomic mass is 19.4. The summed E-state index contributed by atoms with van der Waals surface area (Å²) in [4.78, 5) is 15.5. The molecule has 2 N–H and O–H groups in total. The van der Waals surface area contributed by atoms with E-state index in [0.29, 0.717) is 0 Å². The van der Waals surface area contributed by atoms with Crippen molar-refractivity contribution in [3.63, 3.8) is 0 Å². The Hall–Kier alpha value is -2.35. The van der Waals surface area contributed by atoms with E-state index in [1.165, 1.54) is 13.2 Å². The summed E-state index contributed by atoms with van der Waals surface area (Å²) in [5.74, 6) is -1.54. The van der Waals surface area contributed by atoms with Crippen LogP contribution in [0.25, 0.3) is 0 Å². The third-order valence-corrected chi connectivity index (χ3v) is 3.65. The first-order chi connectivity index (χ1) is 11.1. The number of benzene rings is 1. The third-order valence-electron chi connectivity index (χ3n) is 3.65. The van der Waals surface area contributed by atoms with Gasteiger partial charge in [-0.15, -0.1) is 0 Å². The quantitative estimate of drug-likeness (QED) is 0.876. The highest BCUT2D eigenvalue weighted by Crippen LogP contribution is 2.40. The Bertz CT molecular complexity index is 727. The van der Waals surface area contributed by atoms with Crippen molar-refractivity contribution in [3.8, 4) is 0 Å². The first kappa shape index (κ1) is 18.0. The van der Waals surface area contributed by atoms with Gasteiger partial charge in [-0.3, -0.25) is 4.79 Å².